The van der Waals surface area contributed by atoms with Crippen LogP contribution in [0.3, 0.4) is 0 Å². The molecule has 4 unspecified atom stereocenters. The number of rotatable bonds is 27. The summed E-state index contributed by atoms with van der Waals surface area (Å²) in [7, 11) is 0. The van der Waals surface area contributed by atoms with Crippen LogP contribution in [0.1, 0.15) is 91.9 Å². The number of hydrogen-bond donors (Lipinski definition) is 8. The highest BCUT2D eigenvalue weighted by molar-refractivity contribution is 5.90. The number of hydrogen-bond acceptors (Lipinski definition) is 8. The number of carbonyl (C=O) groups is 8. The Morgan fingerprint density at radius 2 is 0.880 bits per heavy atom. The molecule has 0 fully saturated rings. The lowest BCUT2D eigenvalue weighted by atomic mass is 9.84. The van der Waals surface area contributed by atoms with Crippen LogP contribution >= 0.6 is 0 Å². The van der Waals surface area contributed by atoms with Gasteiger partial charge < -0.3 is 41.7 Å². The largest absolute Gasteiger partial charge is 0.481 e. The lowest BCUT2D eigenvalue weighted by Gasteiger charge is -2.34. The lowest BCUT2D eigenvalue weighted by molar-refractivity contribution is -0.156. The van der Waals surface area contributed by atoms with Crippen LogP contribution in [0.4, 0.5) is 0 Å². The first-order valence-electron chi connectivity index (χ1n) is 16.7. The van der Waals surface area contributed by atoms with Gasteiger partial charge in [-0.05, 0) is 38.5 Å². The molecule has 4 atom stereocenters. The molecule has 0 aliphatic carbocycles. The molecule has 0 bridgehead atoms. The molecule has 282 valence electrons. The first-order valence-corrected chi connectivity index (χ1v) is 16.7. The van der Waals surface area contributed by atoms with Gasteiger partial charge in [0.2, 0.25) is 23.6 Å². The van der Waals surface area contributed by atoms with Crippen LogP contribution < -0.4 is 21.3 Å². The molecule has 0 heterocycles. The second-order valence-electron chi connectivity index (χ2n) is 12.4. The van der Waals surface area contributed by atoms with Gasteiger partial charge in [-0.15, -0.1) is 13.2 Å². The van der Waals surface area contributed by atoms with E-state index in [9.17, 15) is 58.8 Å². The van der Waals surface area contributed by atoms with E-state index < -0.39 is 108 Å². The van der Waals surface area contributed by atoms with Gasteiger partial charge >= 0.3 is 23.9 Å². The third-order valence-electron chi connectivity index (χ3n) is 9.28. The molecule has 0 spiro atoms. The average Bonchev–Trinajstić information content (AvgIpc) is 3.05. The number of nitrogens with one attached hydrogen (secondary N) is 4. The summed E-state index contributed by atoms with van der Waals surface area (Å²) in [5, 5.41) is 49.5. The van der Waals surface area contributed by atoms with E-state index in [0.29, 0.717) is 32.1 Å². The zero-order valence-corrected chi connectivity index (χ0v) is 29.4. The second-order valence-corrected chi connectivity index (χ2v) is 12.4. The maximum absolute atomic E-state index is 13.1. The molecule has 0 rings (SSSR count). The van der Waals surface area contributed by atoms with Gasteiger partial charge in [-0.25, -0.2) is 0 Å². The predicted molar refractivity (Wildman–Crippen MR) is 182 cm³/mol. The molecule has 0 aliphatic rings. The van der Waals surface area contributed by atoms with Gasteiger partial charge in [0.15, 0.2) is 0 Å². The molecule has 0 saturated heterocycles. The van der Waals surface area contributed by atoms with Crippen molar-refractivity contribution in [1.29, 1.82) is 0 Å². The molecular formula is C34H54N4O12. The van der Waals surface area contributed by atoms with Crippen molar-refractivity contribution in [3.8, 4) is 0 Å². The minimum atomic E-state index is -1.73. The molecule has 8 N–H and O–H groups in total. The summed E-state index contributed by atoms with van der Waals surface area (Å²) in [5.41, 5.74) is -1.66. The summed E-state index contributed by atoms with van der Waals surface area (Å²) in [5.74, 6) is -16.1. The van der Waals surface area contributed by atoms with Crippen molar-refractivity contribution in [3.05, 3.63) is 25.3 Å². The van der Waals surface area contributed by atoms with E-state index in [2.05, 4.69) is 34.4 Å². The minimum absolute atomic E-state index is 0.0405. The maximum Gasteiger partial charge on any atom is 0.307 e. The summed E-state index contributed by atoms with van der Waals surface area (Å²) in [6, 6.07) is 0. The van der Waals surface area contributed by atoms with Crippen LogP contribution in [-0.2, 0) is 38.4 Å². The third-order valence-corrected chi connectivity index (χ3v) is 9.28. The summed E-state index contributed by atoms with van der Waals surface area (Å²) in [6.45, 7) is 14.2. The highest BCUT2D eigenvalue weighted by Gasteiger charge is 2.40. The smallest absolute Gasteiger partial charge is 0.307 e. The van der Waals surface area contributed by atoms with Crippen LogP contribution in [0.2, 0.25) is 0 Å². The average molecular weight is 711 g/mol. The van der Waals surface area contributed by atoms with Crippen molar-refractivity contribution in [2.75, 3.05) is 13.1 Å². The summed E-state index contributed by atoms with van der Waals surface area (Å²) in [4.78, 5) is 98.9. The molecule has 16 heteroatoms. The fraction of sp³-hybridized carbons (Fsp3) is 0.647. The van der Waals surface area contributed by atoms with Gasteiger partial charge in [0.25, 0.3) is 0 Å². The number of carboxylic acids is 4. The van der Waals surface area contributed by atoms with E-state index >= 15 is 0 Å². The van der Waals surface area contributed by atoms with Crippen molar-refractivity contribution < 1.29 is 58.8 Å². The van der Waals surface area contributed by atoms with Crippen LogP contribution in [0.15, 0.2) is 25.3 Å². The summed E-state index contributed by atoms with van der Waals surface area (Å²) < 4.78 is 0. The van der Waals surface area contributed by atoms with Crippen molar-refractivity contribution in [3.63, 3.8) is 0 Å². The second kappa shape index (κ2) is 22.1. The lowest BCUT2D eigenvalue weighted by Crippen LogP contribution is -2.51. The Labute approximate surface area is 292 Å². The molecule has 0 aromatic heterocycles. The van der Waals surface area contributed by atoms with E-state index in [1.807, 2.05) is 13.8 Å². The standard InChI is InChI=1S/C34H54N4O12/c1-7-13-33(9-3,10-4)37-27(41)19-23(31(47)48)22(30(45)46)18-26(40)36-16-14-34(11-5,12-6)38-28(42)20-24(32(49)50)21(29(43)44)17-25(39)35-15-8-2/h7-8,21-24H,1-2,9-20H2,3-6H3,(H,35,39)(H,36,40)(H,37,41)(H,38,42)(H,43,44)(H,45,46)(H,47,48)(H,49,50). The number of aliphatic carboxylic acids is 4. The molecule has 16 nitrogen and oxygen atoms in total. The fourth-order valence-electron chi connectivity index (χ4n) is 5.76. The highest BCUT2D eigenvalue weighted by Crippen LogP contribution is 2.26. The third kappa shape index (κ3) is 14.8. The summed E-state index contributed by atoms with van der Waals surface area (Å²) >= 11 is 0. The van der Waals surface area contributed by atoms with E-state index in [1.165, 1.54) is 6.08 Å². The molecule has 0 aliphatic heterocycles. The zero-order chi connectivity index (χ0) is 38.7. The fourth-order valence-corrected chi connectivity index (χ4v) is 5.76. The van der Waals surface area contributed by atoms with Crippen LogP contribution in [-0.4, -0.2) is 92.1 Å². The maximum atomic E-state index is 13.1. The van der Waals surface area contributed by atoms with Gasteiger partial charge in [-0.2, -0.15) is 0 Å². The SMILES string of the molecule is C=CCNC(=O)CC(C(=O)O)C(CC(=O)NC(CC)(CC)CCNC(=O)CC(C(=O)O)C(CC(=O)NC(CC)(CC)CC=C)C(=O)O)C(=O)O. The van der Waals surface area contributed by atoms with Crippen LogP contribution in [0.25, 0.3) is 0 Å². The van der Waals surface area contributed by atoms with Gasteiger partial charge in [0, 0.05) is 49.9 Å². The van der Waals surface area contributed by atoms with Gasteiger partial charge in [0.05, 0.1) is 23.7 Å². The van der Waals surface area contributed by atoms with Crippen LogP contribution in [0.5, 0.6) is 0 Å². The van der Waals surface area contributed by atoms with Gasteiger partial charge in [-0.3, -0.25) is 38.4 Å². The van der Waals surface area contributed by atoms with Crippen molar-refractivity contribution in [2.45, 2.75) is 103 Å². The number of carbonyl (C=O) groups excluding carboxylic acids is 4. The Balaban J connectivity index is 5.65. The monoisotopic (exact) mass is 710 g/mol. The Kier molecular flexibility index (Phi) is 20.0. The normalized spacial score (nSPS) is 13.8. The van der Waals surface area contributed by atoms with E-state index in [0.717, 1.165) is 0 Å². The van der Waals surface area contributed by atoms with Crippen molar-refractivity contribution in [1.82, 2.24) is 21.3 Å². The van der Waals surface area contributed by atoms with Crippen molar-refractivity contribution >= 4 is 47.5 Å². The predicted octanol–water partition coefficient (Wildman–Crippen LogP) is 2.08. The highest BCUT2D eigenvalue weighted by atomic mass is 16.4. The van der Waals surface area contributed by atoms with E-state index in [4.69, 9.17) is 0 Å². The first-order chi connectivity index (χ1) is 23.4. The summed E-state index contributed by atoms with van der Waals surface area (Å²) in [6.07, 6.45) is 2.35. The quantitative estimate of drug-likeness (QED) is 0.0570. The molecule has 0 radical (unpaired) electrons. The molecule has 4 amide bonds. The molecule has 0 aromatic carbocycles. The Morgan fingerprint density at radius 1 is 0.540 bits per heavy atom. The topological polar surface area (TPSA) is 266 Å². The Bertz CT molecular complexity index is 1240. The first kappa shape index (κ1) is 45.2. The Hall–Kier alpha value is -4.76. The molecule has 0 aromatic rings. The number of amides is 4. The molecule has 50 heavy (non-hydrogen) atoms. The number of carboxylic acid groups (broad SMARTS) is 4. The van der Waals surface area contributed by atoms with Gasteiger partial charge in [-0.1, -0.05) is 39.8 Å². The van der Waals surface area contributed by atoms with E-state index in [1.54, 1.807) is 19.9 Å². The van der Waals surface area contributed by atoms with E-state index in [-0.39, 0.29) is 19.5 Å². The van der Waals surface area contributed by atoms with Crippen LogP contribution in [0, 0.1) is 23.7 Å². The zero-order valence-electron chi connectivity index (χ0n) is 29.4. The Morgan fingerprint density at radius 3 is 1.20 bits per heavy atom. The molecular weight excluding hydrogens is 656 g/mol. The molecule has 0 saturated carbocycles. The minimum Gasteiger partial charge on any atom is -0.481 e. The van der Waals surface area contributed by atoms with Gasteiger partial charge in [0.1, 0.15) is 0 Å². The van der Waals surface area contributed by atoms with Crippen molar-refractivity contribution in [2.24, 2.45) is 23.7 Å².